The molecule has 0 aliphatic heterocycles. The van der Waals surface area contributed by atoms with Crippen LogP contribution >= 0.6 is 0 Å². The Morgan fingerprint density at radius 1 is 0.733 bits per heavy atom. The van der Waals surface area contributed by atoms with Crippen LogP contribution in [0.15, 0.2) is 66.7 Å². The van der Waals surface area contributed by atoms with Gasteiger partial charge in [0.25, 0.3) is 0 Å². The minimum absolute atomic E-state index is 0.599. The molecular weight excluding hydrogens is 376 g/mol. The molecule has 6 heteroatoms. The number of rotatable bonds is 4. The number of methoxy groups -OCH3 is 2. The number of nitrogens with zero attached hydrogens (tertiary/aromatic N) is 4. The van der Waals surface area contributed by atoms with E-state index in [4.69, 9.17) is 24.4 Å². The van der Waals surface area contributed by atoms with E-state index in [1.54, 1.807) is 14.2 Å². The number of hydrogen-bond acceptors (Lipinski definition) is 5. The molecule has 0 atom stereocenters. The van der Waals surface area contributed by atoms with Gasteiger partial charge in [-0.05, 0) is 36.8 Å². The molecule has 0 radical (unpaired) electrons. The molecule has 0 saturated carbocycles. The summed E-state index contributed by atoms with van der Waals surface area (Å²) in [5, 5.41) is 0. The summed E-state index contributed by atoms with van der Waals surface area (Å²) in [6, 6.07) is 21.8. The number of hydrogen-bond donors (Lipinski definition) is 0. The van der Waals surface area contributed by atoms with Crippen molar-refractivity contribution in [3.63, 3.8) is 0 Å². The van der Waals surface area contributed by atoms with Crippen LogP contribution in [-0.2, 0) is 0 Å². The predicted molar refractivity (Wildman–Crippen MR) is 117 cm³/mol. The first-order chi connectivity index (χ1) is 14.7. The van der Waals surface area contributed by atoms with Gasteiger partial charge in [-0.15, -0.1) is 0 Å². The normalized spacial score (nSPS) is 11.2. The standard InChI is InChI=1S/C24H20N4O2/c1-15-8-4-5-9-17(15)23-27-22-24(26-19-11-7-6-10-18(19)25-22)28(23)16-12-13-20(29-2)21(14-16)30-3/h4-14H,1-3H3. The van der Waals surface area contributed by atoms with Crippen molar-refractivity contribution in [3.8, 4) is 28.6 Å². The molecule has 2 aromatic heterocycles. The van der Waals surface area contributed by atoms with Crippen molar-refractivity contribution >= 4 is 22.3 Å². The van der Waals surface area contributed by atoms with Crippen LogP contribution in [0.5, 0.6) is 11.5 Å². The number of ether oxygens (including phenoxy) is 2. The summed E-state index contributed by atoms with van der Waals surface area (Å²) in [7, 11) is 3.25. The number of aryl methyl sites for hydroxylation is 1. The molecule has 30 heavy (non-hydrogen) atoms. The molecule has 0 aliphatic carbocycles. The highest BCUT2D eigenvalue weighted by atomic mass is 16.5. The highest BCUT2D eigenvalue weighted by molar-refractivity contribution is 5.86. The maximum absolute atomic E-state index is 5.53. The molecular formula is C24H20N4O2. The molecule has 3 aromatic carbocycles. The van der Waals surface area contributed by atoms with Crippen molar-refractivity contribution in [2.45, 2.75) is 6.92 Å². The summed E-state index contributed by atoms with van der Waals surface area (Å²) in [5.41, 5.74) is 5.95. The van der Waals surface area contributed by atoms with E-state index in [0.29, 0.717) is 22.8 Å². The second kappa shape index (κ2) is 7.15. The Hall–Kier alpha value is -3.93. The Bertz CT molecular complexity index is 1390. The van der Waals surface area contributed by atoms with Gasteiger partial charge in [0.2, 0.25) is 0 Å². The van der Waals surface area contributed by atoms with Crippen molar-refractivity contribution < 1.29 is 9.47 Å². The summed E-state index contributed by atoms with van der Waals surface area (Å²) in [4.78, 5) is 14.5. The lowest BCUT2D eigenvalue weighted by Gasteiger charge is -2.13. The molecule has 0 N–H and O–H groups in total. The minimum atomic E-state index is 0.599. The number of aromatic nitrogens is 4. The average molecular weight is 396 g/mol. The average Bonchev–Trinajstić information content (AvgIpc) is 3.15. The molecule has 0 aliphatic rings. The fraction of sp³-hybridized carbons (Fsp3) is 0.125. The van der Waals surface area contributed by atoms with Gasteiger partial charge in [-0.2, -0.15) is 0 Å². The second-order valence-corrected chi connectivity index (χ2v) is 6.98. The number of benzene rings is 3. The SMILES string of the molecule is COc1ccc(-n2c(-c3ccccc3C)nc3nc4ccccc4nc32)cc1OC. The first kappa shape index (κ1) is 18.1. The zero-order chi connectivity index (χ0) is 20.7. The van der Waals surface area contributed by atoms with Crippen molar-refractivity contribution in [3.05, 3.63) is 72.3 Å². The molecule has 5 rings (SSSR count). The van der Waals surface area contributed by atoms with Crippen LogP contribution in [0, 0.1) is 6.92 Å². The van der Waals surface area contributed by atoms with Gasteiger partial charge in [-0.3, -0.25) is 4.57 Å². The summed E-state index contributed by atoms with van der Waals surface area (Å²) in [6.07, 6.45) is 0. The molecule has 6 nitrogen and oxygen atoms in total. The smallest absolute Gasteiger partial charge is 0.199 e. The van der Waals surface area contributed by atoms with Crippen molar-refractivity contribution in [1.82, 2.24) is 19.5 Å². The topological polar surface area (TPSA) is 62.1 Å². The van der Waals surface area contributed by atoms with Crippen LogP contribution in [0.1, 0.15) is 5.56 Å². The Balaban J connectivity index is 1.87. The van der Waals surface area contributed by atoms with Crippen LogP contribution in [0.25, 0.3) is 39.4 Å². The number of para-hydroxylation sites is 2. The number of fused-ring (bicyclic) bond motifs is 2. The lowest BCUT2D eigenvalue weighted by Crippen LogP contribution is -2.01. The highest BCUT2D eigenvalue weighted by Gasteiger charge is 2.19. The van der Waals surface area contributed by atoms with E-state index in [9.17, 15) is 0 Å². The summed E-state index contributed by atoms with van der Waals surface area (Å²) in [5.74, 6) is 2.09. The minimum Gasteiger partial charge on any atom is -0.493 e. The van der Waals surface area contributed by atoms with E-state index in [2.05, 4.69) is 19.1 Å². The summed E-state index contributed by atoms with van der Waals surface area (Å²) >= 11 is 0. The van der Waals surface area contributed by atoms with Gasteiger partial charge in [0, 0.05) is 11.6 Å². The quantitative estimate of drug-likeness (QED) is 0.430. The van der Waals surface area contributed by atoms with Crippen LogP contribution in [0.3, 0.4) is 0 Å². The lowest BCUT2D eigenvalue weighted by atomic mass is 10.1. The van der Waals surface area contributed by atoms with Crippen LogP contribution in [0.4, 0.5) is 0 Å². The van der Waals surface area contributed by atoms with E-state index in [1.165, 1.54) is 0 Å². The van der Waals surface area contributed by atoms with Gasteiger partial charge < -0.3 is 9.47 Å². The highest BCUT2D eigenvalue weighted by Crippen LogP contribution is 2.34. The van der Waals surface area contributed by atoms with Crippen molar-refractivity contribution in [2.75, 3.05) is 14.2 Å². The molecule has 0 fully saturated rings. The van der Waals surface area contributed by atoms with Gasteiger partial charge in [0.15, 0.2) is 22.8 Å². The maximum Gasteiger partial charge on any atom is 0.199 e. The van der Waals surface area contributed by atoms with E-state index < -0.39 is 0 Å². The third-order valence-corrected chi connectivity index (χ3v) is 5.18. The van der Waals surface area contributed by atoms with Crippen molar-refractivity contribution in [1.29, 1.82) is 0 Å². The van der Waals surface area contributed by atoms with E-state index >= 15 is 0 Å². The fourth-order valence-corrected chi connectivity index (χ4v) is 3.67. The van der Waals surface area contributed by atoms with Gasteiger partial charge in [0.05, 0.1) is 30.9 Å². The predicted octanol–water partition coefficient (Wildman–Crippen LogP) is 4.96. The molecule has 0 spiro atoms. The molecule has 0 unspecified atom stereocenters. The summed E-state index contributed by atoms with van der Waals surface area (Å²) in [6.45, 7) is 2.07. The Morgan fingerprint density at radius 3 is 2.17 bits per heavy atom. The molecule has 2 heterocycles. The first-order valence-corrected chi connectivity index (χ1v) is 9.63. The molecule has 0 amide bonds. The Kier molecular flexibility index (Phi) is 4.32. The molecule has 5 aromatic rings. The van der Waals surface area contributed by atoms with Crippen LogP contribution in [-0.4, -0.2) is 33.7 Å². The molecule has 0 saturated heterocycles. The van der Waals surface area contributed by atoms with Crippen LogP contribution < -0.4 is 9.47 Å². The van der Waals surface area contributed by atoms with Crippen molar-refractivity contribution in [2.24, 2.45) is 0 Å². The van der Waals surface area contributed by atoms with Gasteiger partial charge in [-0.25, -0.2) is 15.0 Å². The fourth-order valence-electron chi connectivity index (χ4n) is 3.67. The van der Waals surface area contributed by atoms with Gasteiger partial charge in [-0.1, -0.05) is 36.4 Å². The number of imidazole rings is 1. The zero-order valence-corrected chi connectivity index (χ0v) is 17.0. The second-order valence-electron chi connectivity index (χ2n) is 6.98. The molecule has 148 valence electrons. The monoisotopic (exact) mass is 396 g/mol. The zero-order valence-electron chi connectivity index (χ0n) is 17.0. The van der Waals surface area contributed by atoms with E-state index in [0.717, 1.165) is 33.7 Å². The molecule has 0 bridgehead atoms. The van der Waals surface area contributed by atoms with Gasteiger partial charge in [0.1, 0.15) is 5.82 Å². The van der Waals surface area contributed by atoms with Crippen LogP contribution in [0.2, 0.25) is 0 Å². The third-order valence-electron chi connectivity index (χ3n) is 5.18. The Morgan fingerprint density at radius 2 is 1.43 bits per heavy atom. The van der Waals surface area contributed by atoms with E-state index in [1.807, 2.05) is 59.2 Å². The van der Waals surface area contributed by atoms with E-state index in [-0.39, 0.29) is 0 Å². The first-order valence-electron chi connectivity index (χ1n) is 9.63. The Labute approximate surface area is 173 Å². The summed E-state index contributed by atoms with van der Waals surface area (Å²) < 4.78 is 13.0. The van der Waals surface area contributed by atoms with Gasteiger partial charge >= 0.3 is 0 Å². The third kappa shape index (κ3) is 2.85. The largest absolute Gasteiger partial charge is 0.493 e. The lowest BCUT2D eigenvalue weighted by molar-refractivity contribution is 0.355. The maximum atomic E-state index is 5.53.